The summed E-state index contributed by atoms with van der Waals surface area (Å²) in [7, 11) is 0. The first kappa shape index (κ1) is 12.5. The second kappa shape index (κ2) is 6.10. The Kier molecular flexibility index (Phi) is 4.24. The van der Waals surface area contributed by atoms with Crippen molar-refractivity contribution in [2.45, 2.75) is 20.3 Å². The summed E-state index contributed by atoms with van der Waals surface area (Å²) in [4.78, 5) is 0. The molecular formula is C16H19NO. The lowest BCUT2D eigenvalue weighted by Crippen LogP contribution is -1.98. The van der Waals surface area contributed by atoms with Gasteiger partial charge in [0.1, 0.15) is 11.5 Å². The van der Waals surface area contributed by atoms with Crippen molar-refractivity contribution in [3.05, 3.63) is 54.1 Å². The summed E-state index contributed by atoms with van der Waals surface area (Å²) in [5, 5.41) is 3.34. The number of benzene rings is 2. The van der Waals surface area contributed by atoms with Gasteiger partial charge in [0.05, 0.1) is 0 Å². The summed E-state index contributed by atoms with van der Waals surface area (Å²) < 4.78 is 5.77. The summed E-state index contributed by atoms with van der Waals surface area (Å²) in [6.07, 6.45) is 1.13. The molecule has 0 heterocycles. The molecule has 0 fully saturated rings. The average molecular weight is 241 g/mol. The average Bonchev–Trinajstić information content (AvgIpc) is 2.41. The van der Waals surface area contributed by atoms with E-state index in [4.69, 9.17) is 4.74 Å². The zero-order chi connectivity index (χ0) is 12.8. The highest BCUT2D eigenvalue weighted by molar-refractivity contribution is 5.47. The topological polar surface area (TPSA) is 21.3 Å². The zero-order valence-electron chi connectivity index (χ0n) is 10.9. The highest BCUT2D eigenvalue weighted by atomic mass is 16.5. The molecule has 2 aromatic carbocycles. The number of hydrogen-bond donors (Lipinski definition) is 1. The van der Waals surface area contributed by atoms with E-state index in [9.17, 15) is 0 Å². The monoisotopic (exact) mass is 241 g/mol. The van der Waals surface area contributed by atoms with Gasteiger partial charge in [-0.2, -0.15) is 0 Å². The first-order valence-corrected chi connectivity index (χ1v) is 6.36. The molecule has 2 heteroatoms. The molecule has 0 radical (unpaired) electrons. The molecule has 2 aromatic rings. The van der Waals surface area contributed by atoms with Crippen molar-refractivity contribution in [3.8, 4) is 11.5 Å². The molecule has 0 aliphatic rings. The maximum absolute atomic E-state index is 5.77. The Morgan fingerprint density at radius 1 is 0.889 bits per heavy atom. The number of anilines is 1. The molecule has 0 saturated carbocycles. The highest BCUT2D eigenvalue weighted by Gasteiger charge is 1.97. The Morgan fingerprint density at radius 3 is 2.00 bits per heavy atom. The van der Waals surface area contributed by atoms with Crippen LogP contribution in [-0.2, 0) is 0 Å². The van der Waals surface area contributed by atoms with E-state index >= 15 is 0 Å². The van der Waals surface area contributed by atoms with Crippen molar-refractivity contribution in [2.24, 2.45) is 0 Å². The molecular weight excluding hydrogens is 222 g/mol. The van der Waals surface area contributed by atoms with E-state index in [1.165, 1.54) is 5.56 Å². The number of ether oxygens (including phenoxy) is 1. The fourth-order valence-corrected chi connectivity index (χ4v) is 1.65. The van der Waals surface area contributed by atoms with Crippen LogP contribution in [0.25, 0.3) is 0 Å². The zero-order valence-corrected chi connectivity index (χ0v) is 10.9. The summed E-state index contributed by atoms with van der Waals surface area (Å²) in [6, 6.07) is 16.1. The van der Waals surface area contributed by atoms with Gasteiger partial charge < -0.3 is 10.1 Å². The molecule has 94 valence electrons. The van der Waals surface area contributed by atoms with Crippen molar-refractivity contribution < 1.29 is 4.74 Å². The molecule has 1 N–H and O–H groups in total. The molecule has 18 heavy (non-hydrogen) atoms. The van der Waals surface area contributed by atoms with Gasteiger partial charge in [0, 0.05) is 12.2 Å². The van der Waals surface area contributed by atoms with Crippen LogP contribution < -0.4 is 10.1 Å². The molecule has 0 saturated heterocycles. The van der Waals surface area contributed by atoms with Gasteiger partial charge in [-0.15, -0.1) is 0 Å². The molecule has 2 rings (SSSR count). The maximum Gasteiger partial charge on any atom is 0.127 e. The van der Waals surface area contributed by atoms with Crippen LogP contribution in [0.1, 0.15) is 18.9 Å². The summed E-state index contributed by atoms with van der Waals surface area (Å²) >= 11 is 0. The Labute approximate surface area is 109 Å². The van der Waals surface area contributed by atoms with Crippen LogP contribution in [0.3, 0.4) is 0 Å². The Morgan fingerprint density at radius 2 is 1.44 bits per heavy atom. The molecule has 2 nitrogen and oxygen atoms in total. The van der Waals surface area contributed by atoms with Crippen LogP contribution in [0.15, 0.2) is 48.5 Å². The summed E-state index contributed by atoms with van der Waals surface area (Å²) in [5.41, 5.74) is 2.37. The van der Waals surface area contributed by atoms with Crippen LogP contribution in [0.2, 0.25) is 0 Å². The van der Waals surface area contributed by atoms with Crippen LogP contribution in [-0.4, -0.2) is 6.54 Å². The van der Waals surface area contributed by atoms with E-state index in [1.54, 1.807) is 0 Å². The van der Waals surface area contributed by atoms with Crippen molar-refractivity contribution in [1.82, 2.24) is 0 Å². The minimum absolute atomic E-state index is 0.862. The number of hydrogen-bond acceptors (Lipinski definition) is 2. The van der Waals surface area contributed by atoms with E-state index < -0.39 is 0 Å². The third-order valence-electron chi connectivity index (χ3n) is 2.69. The SMILES string of the molecule is CCCNc1ccc(Oc2ccc(C)cc2)cc1. The fraction of sp³-hybridized carbons (Fsp3) is 0.250. The number of aryl methyl sites for hydroxylation is 1. The summed E-state index contributed by atoms with van der Waals surface area (Å²) in [6.45, 7) is 5.22. The first-order valence-electron chi connectivity index (χ1n) is 6.36. The van der Waals surface area contributed by atoms with Crippen molar-refractivity contribution >= 4 is 5.69 Å². The lowest BCUT2D eigenvalue weighted by Gasteiger charge is -2.08. The minimum atomic E-state index is 0.862. The Hall–Kier alpha value is -1.96. The van der Waals surface area contributed by atoms with Crippen molar-refractivity contribution in [2.75, 3.05) is 11.9 Å². The van der Waals surface area contributed by atoms with Crippen LogP contribution in [0, 0.1) is 6.92 Å². The predicted octanol–water partition coefficient (Wildman–Crippen LogP) is 4.61. The Bertz CT molecular complexity index is 473. The van der Waals surface area contributed by atoms with Gasteiger partial charge in [-0.25, -0.2) is 0 Å². The third kappa shape index (κ3) is 3.52. The lowest BCUT2D eigenvalue weighted by atomic mass is 10.2. The highest BCUT2D eigenvalue weighted by Crippen LogP contribution is 2.23. The smallest absolute Gasteiger partial charge is 0.127 e. The first-order chi connectivity index (χ1) is 8.78. The predicted molar refractivity (Wildman–Crippen MR) is 76.5 cm³/mol. The quantitative estimate of drug-likeness (QED) is 0.825. The molecule has 0 unspecified atom stereocenters. The van der Waals surface area contributed by atoms with Crippen LogP contribution in [0.5, 0.6) is 11.5 Å². The molecule has 0 bridgehead atoms. The molecule has 0 atom stereocenters. The number of nitrogens with one attached hydrogen (secondary N) is 1. The van der Waals surface area contributed by atoms with Gasteiger partial charge in [-0.1, -0.05) is 24.6 Å². The second-order valence-corrected chi connectivity index (χ2v) is 4.37. The van der Waals surface area contributed by atoms with E-state index in [2.05, 4.69) is 19.2 Å². The van der Waals surface area contributed by atoms with Gasteiger partial charge in [0.2, 0.25) is 0 Å². The standard InChI is InChI=1S/C16H19NO/c1-3-12-17-14-6-10-16(11-7-14)18-15-8-4-13(2)5-9-15/h4-11,17H,3,12H2,1-2H3. The molecule has 0 spiro atoms. The summed E-state index contributed by atoms with van der Waals surface area (Å²) in [5.74, 6) is 1.73. The molecule has 0 aliphatic carbocycles. The molecule has 0 aliphatic heterocycles. The molecule has 0 aromatic heterocycles. The van der Waals surface area contributed by atoms with Gasteiger partial charge in [0.15, 0.2) is 0 Å². The second-order valence-electron chi connectivity index (χ2n) is 4.37. The lowest BCUT2D eigenvalue weighted by molar-refractivity contribution is 0.482. The largest absolute Gasteiger partial charge is 0.457 e. The number of rotatable bonds is 5. The van der Waals surface area contributed by atoms with Gasteiger partial charge in [-0.3, -0.25) is 0 Å². The van der Waals surface area contributed by atoms with Gasteiger partial charge >= 0.3 is 0 Å². The van der Waals surface area contributed by atoms with Gasteiger partial charge in [0.25, 0.3) is 0 Å². The third-order valence-corrected chi connectivity index (χ3v) is 2.69. The maximum atomic E-state index is 5.77. The Balaban J connectivity index is 1.99. The fourth-order valence-electron chi connectivity index (χ4n) is 1.65. The minimum Gasteiger partial charge on any atom is -0.457 e. The van der Waals surface area contributed by atoms with E-state index in [0.29, 0.717) is 0 Å². The van der Waals surface area contributed by atoms with Crippen molar-refractivity contribution in [3.63, 3.8) is 0 Å². The van der Waals surface area contributed by atoms with Crippen LogP contribution >= 0.6 is 0 Å². The normalized spacial score (nSPS) is 10.1. The van der Waals surface area contributed by atoms with Crippen molar-refractivity contribution in [1.29, 1.82) is 0 Å². The van der Waals surface area contributed by atoms with Crippen LogP contribution in [0.4, 0.5) is 5.69 Å². The van der Waals surface area contributed by atoms with Gasteiger partial charge in [-0.05, 0) is 49.7 Å². The van der Waals surface area contributed by atoms with E-state index in [0.717, 1.165) is 30.2 Å². The van der Waals surface area contributed by atoms with E-state index in [-0.39, 0.29) is 0 Å². The van der Waals surface area contributed by atoms with E-state index in [1.807, 2.05) is 48.5 Å². The molecule has 0 amide bonds.